The van der Waals surface area contributed by atoms with Gasteiger partial charge in [-0.05, 0) is 31.9 Å². The lowest BCUT2D eigenvalue weighted by Gasteiger charge is -2.45. The van der Waals surface area contributed by atoms with Crippen molar-refractivity contribution in [1.29, 1.82) is 0 Å². The number of carbonyl (C=O) groups is 1. The van der Waals surface area contributed by atoms with Crippen LogP contribution in [0.25, 0.3) is 16.0 Å². The first-order valence-electron chi connectivity index (χ1n) is 13.3. The molecule has 7 rings (SSSR count). The van der Waals surface area contributed by atoms with E-state index < -0.39 is 27.0 Å². The highest BCUT2D eigenvalue weighted by Crippen LogP contribution is 2.42. The van der Waals surface area contributed by atoms with Gasteiger partial charge in [-0.2, -0.15) is 0 Å². The van der Waals surface area contributed by atoms with Crippen LogP contribution in [0.15, 0.2) is 17.0 Å². The van der Waals surface area contributed by atoms with Gasteiger partial charge in [0.2, 0.25) is 26.9 Å². The summed E-state index contributed by atoms with van der Waals surface area (Å²) in [7, 11) is -3.96. The molecule has 3 aromatic rings. The molecule has 41 heavy (non-hydrogen) atoms. The quantitative estimate of drug-likeness (QED) is 0.380. The third kappa shape index (κ3) is 4.92. The highest BCUT2D eigenvalue weighted by atomic mass is 32.2. The van der Waals surface area contributed by atoms with Crippen molar-refractivity contribution >= 4 is 43.9 Å². The fraction of sp³-hybridized carbons (Fsp3) is 0.583. The Morgan fingerprint density at radius 1 is 1.24 bits per heavy atom. The Labute approximate surface area is 237 Å². The van der Waals surface area contributed by atoms with Crippen LogP contribution in [0.3, 0.4) is 0 Å². The maximum atomic E-state index is 13.6. The number of halogens is 2. The third-order valence-electron chi connectivity index (χ3n) is 7.88. The summed E-state index contributed by atoms with van der Waals surface area (Å²) < 4.78 is 69.6. The lowest BCUT2D eigenvalue weighted by Crippen LogP contribution is -2.63. The molecule has 17 heteroatoms. The van der Waals surface area contributed by atoms with E-state index in [1.165, 1.54) is 10.7 Å². The zero-order chi connectivity index (χ0) is 28.5. The average Bonchev–Trinajstić information content (AvgIpc) is 3.29. The molecule has 0 unspecified atom stereocenters. The van der Waals surface area contributed by atoms with Crippen LogP contribution in [-0.2, 0) is 19.6 Å². The highest BCUT2D eigenvalue weighted by Gasteiger charge is 2.42. The molecule has 4 fully saturated rings. The van der Waals surface area contributed by atoms with Crippen LogP contribution in [0, 0.1) is 0 Å². The summed E-state index contributed by atoms with van der Waals surface area (Å²) >= 11 is 0.668. The Kier molecular flexibility index (Phi) is 6.42. The van der Waals surface area contributed by atoms with Crippen molar-refractivity contribution in [3.63, 3.8) is 0 Å². The van der Waals surface area contributed by atoms with Crippen molar-refractivity contribution in [3.05, 3.63) is 17.1 Å². The molecular formula is C24H28F2N8O5S2. The van der Waals surface area contributed by atoms with Gasteiger partial charge in [-0.1, -0.05) is 11.3 Å². The SMILES string of the molecule is CC1(NS(=O)(=O)c2cc(N3CCN4C(=O)CNC[C@@H]4C3)c3c(OC4COC4)nn(-c4nnc(C(F)F)s4)c3c2)CC1. The largest absolute Gasteiger partial charge is 0.468 e. The number of aromatic nitrogens is 4. The zero-order valence-electron chi connectivity index (χ0n) is 22.0. The van der Waals surface area contributed by atoms with Gasteiger partial charge in [0.15, 0.2) is 5.01 Å². The molecular weight excluding hydrogens is 582 g/mol. The van der Waals surface area contributed by atoms with Gasteiger partial charge in [0.1, 0.15) is 6.10 Å². The average molecular weight is 611 g/mol. The number of fused-ring (bicyclic) bond motifs is 2. The summed E-state index contributed by atoms with van der Waals surface area (Å²) in [5.41, 5.74) is 0.371. The molecule has 3 saturated heterocycles. The monoisotopic (exact) mass is 610 g/mol. The van der Waals surface area contributed by atoms with Crippen molar-refractivity contribution in [3.8, 4) is 11.0 Å². The molecule has 13 nitrogen and oxygen atoms in total. The number of hydrogen-bond acceptors (Lipinski definition) is 11. The molecule has 5 heterocycles. The molecule has 1 aliphatic carbocycles. The van der Waals surface area contributed by atoms with E-state index in [0.717, 1.165) is 12.8 Å². The van der Waals surface area contributed by atoms with Crippen molar-refractivity contribution in [2.24, 2.45) is 0 Å². The molecule has 0 bridgehead atoms. The van der Waals surface area contributed by atoms with E-state index in [-0.39, 0.29) is 40.5 Å². The summed E-state index contributed by atoms with van der Waals surface area (Å²) in [6.07, 6.45) is -1.62. The van der Waals surface area contributed by atoms with Crippen molar-refractivity contribution < 1.29 is 31.5 Å². The topological polar surface area (TPSA) is 144 Å². The Morgan fingerprint density at radius 3 is 2.73 bits per heavy atom. The van der Waals surface area contributed by atoms with Gasteiger partial charge >= 0.3 is 0 Å². The van der Waals surface area contributed by atoms with Crippen molar-refractivity contribution in [1.82, 2.24) is 34.9 Å². The molecule has 2 aromatic heterocycles. The van der Waals surface area contributed by atoms with Crippen LogP contribution in [-0.4, -0.2) is 103 Å². The number of benzene rings is 1. The summed E-state index contributed by atoms with van der Waals surface area (Å²) in [5.74, 6) is 0.237. The lowest BCUT2D eigenvalue weighted by atomic mass is 10.1. The first-order valence-corrected chi connectivity index (χ1v) is 15.6. The second-order valence-corrected chi connectivity index (χ2v) is 13.7. The fourth-order valence-corrected chi connectivity index (χ4v) is 7.51. The van der Waals surface area contributed by atoms with Gasteiger partial charge in [-0.15, -0.1) is 15.3 Å². The second-order valence-electron chi connectivity index (χ2n) is 11.0. The minimum Gasteiger partial charge on any atom is -0.468 e. The molecule has 3 aliphatic heterocycles. The number of ether oxygens (including phenoxy) is 2. The minimum absolute atomic E-state index is 0.00618. The molecule has 4 aliphatic rings. The first-order chi connectivity index (χ1) is 19.6. The van der Waals surface area contributed by atoms with Crippen LogP contribution in [0.5, 0.6) is 5.88 Å². The predicted octanol–water partition coefficient (Wildman–Crippen LogP) is 1.04. The number of alkyl halides is 2. The van der Waals surface area contributed by atoms with Crippen LogP contribution in [0.2, 0.25) is 0 Å². The van der Waals surface area contributed by atoms with E-state index in [4.69, 9.17) is 9.47 Å². The van der Waals surface area contributed by atoms with Crippen molar-refractivity contribution in [2.45, 2.75) is 48.8 Å². The highest BCUT2D eigenvalue weighted by molar-refractivity contribution is 7.89. The maximum Gasteiger partial charge on any atom is 0.291 e. The number of piperazine rings is 2. The van der Waals surface area contributed by atoms with E-state index in [2.05, 4.69) is 25.3 Å². The molecule has 220 valence electrons. The number of rotatable bonds is 8. The molecule has 0 spiro atoms. The summed E-state index contributed by atoms with van der Waals surface area (Å²) in [4.78, 5) is 16.4. The van der Waals surface area contributed by atoms with E-state index in [1.54, 1.807) is 6.07 Å². The van der Waals surface area contributed by atoms with Crippen LogP contribution in [0.1, 0.15) is 31.2 Å². The second kappa shape index (κ2) is 9.79. The summed E-state index contributed by atoms with van der Waals surface area (Å²) in [5, 5.41) is 15.4. The van der Waals surface area contributed by atoms with Gasteiger partial charge in [-0.3, -0.25) is 4.79 Å². The Hall–Kier alpha value is -2.99. The van der Waals surface area contributed by atoms with Gasteiger partial charge in [0, 0.05) is 31.7 Å². The third-order valence-corrected chi connectivity index (χ3v) is 10.4. The number of amides is 1. The van der Waals surface area contributed by atoms with Crippen LogP contribution in [0.4, 0.5) is 14.5 Å². The maximum absolute atomic E-state index is 13.6. The van der Waals surface area contributed by atoms with Crippen LogP contribution < -0.4 is 19.7 Å². The van der Waals surface area contributed by atoms with Crippen LogP contribution >= 0.6 is 11.3 Å². The minimum atomic E-state index is -3.96. The molecule has 1 saturated carbocycles. The Morgan fingerprint density at radius 2 is 2.05 bits per heavy atom. The number of sulfonamides is 1. The first kappa shape index (κ1) is 26.9. The number of anilines is 1. The molecule has 0 radical (unpaired) electrons. The normalized spacial score (nSPS) is 22.7. The lowest BCUT2D eigenvalue weighted by molar-refractivity contribution is -0.135. The molecule has 2 N–H and O–H groups in total. The number of carbonyl (C=O) groups excluding carboxylic acids is 1. The predicted molar refractivity (Wildman–Crippen MR) is 143 cm³/mol. The molecule has 1 aromatic carbocycles. The Balaban J connectivity index is 1.40. The van der Waals surface area contributed by atoms with E-state index in [1.807, 2.05) is 16.7 Å². The Bertz CT molecular complexity index is 1620. The van der Waals surface area contributed by atoms with E-state index in [9.17, 15) is 22.0 Å². The van der Waals surface area contributed by atoms with Gasteiger partial charge in [-0.25, -0.2) is 26.6 Å². The smallest absolute Gasteiger partial charge is 0.291 e. The molecule has 1 atom stereocenters. The molecule has 1 amide bonds. The fourth-order valence-electron chi connectivity index (χ4n) is 5.34. The van der Waals surface area contributed by atoms with Gasteiger partial charge < -0.3 is 24.6 Å². The number of nitrogens with one attached hydrogen (secondary N) is 2. The zero-order valence-corrected chi connectivity index (χ0v) is 23.7. The standard InChI is InChI=1S/C24H28F2N8O5S2/c1-24(2-3-24)31-41(36,37)15-6-16(32-4-5-33-13(10-32)8-27-9-18(33)35)19-17(7-15)34(23-29-28-22(40-23)20(25)26)30-21(19)39-14-11-38-12-14/h6-7,13-14,20,27,31H,2-5,8-12H2,1H3/t13-/m1/s1. The van der Waals surface area contributed by atoms with Gasteiger partial charge in [0.05, 0.1) is 47.3 Å². The number of hydrogen-bond donors (Lipinski definition) is 2. The summed E-state index contributed by atoms with van der Waals surface area (Å²) in [6, 6.07) is 2.96. The number of nitrogens with zero attached hydrogens (tertiary/aromatic N) is 6. The van der Waals surface area contributed by atoms with E-state index in [0.29, 0.717) is 67.3 Å². The van der Waals surface area contributed by atoms with E-state index >= 15 is 0 Å². The van der Waals surface area contributed by atoms with Crippen molar-refractivity contribution in [2.75, 3.05) is 50.8 Å². The van der Waals surface area contributed by atoms with Gasteiger partial charge in [0.25, 0.3) is 6.43 Å². The summed E-state index contributed by atoms with van der Waals surface area (Å²) in [6.45, 7) is 4.84.